The van der Waals surface area contributed by atoms with Gasteiger partial charge in [-0.05, 0) is 169 Å². The summed E-state index contributed by atoms with van der Waals surface area (Å²) < 4.78 is 0. The van der Waals surface area contributed by atoms with Crippen molar-refractivity contribution in [2.45, 2.75) is 25.7 Å². The first-order valence-electron chi connectivity index (χ1n) is 22.2. The number of fused-ring (bicyclic) bond motifs is 10. The van der Waals surface area contributed by atoms with Gasteiger partial charge in [0.05, 0.1) is 0 Å². The Morgan fingerprint density at radius 1 is 0.210 bits per heavy atom. The molecule has 0 spiro atoms. The van der Waals surface area contributed by atoms with Gasteiger partial charge in [-0.1, -0.05) is 194 Å². The van der Waals surface area contributed by atoms with Crippen LogP contribution in [0.25, 0.3) is 108 Å². The number of aryl methyl sites for hydroxylation is 4. The fourth-order valence-electron chi connectivity index (χ4n) is 11.1. The van der Waals surface area contributed by atoms with Crippen molar-refractivity contribution in [3.63, 3.8) is 0 Å². The molecule has 0 heteroatoms. The van der Waals surface area contributed by atoms with Crippen LogP contribution in [-0.4, -0.2) is 0 Å². The summed E-state index contributed by atoms with van der Waals surface area (Å²) >= 11 is 0. The summed E-state index contributed by atoms with van der Waals surface area (Å²) in [5.41, 5.74) is 10.7. The Morgan fingerprint density at radius 2 is 0.694 bits per heavy atom. The second kappa shape index (κ2) is 14.0. The molecule has 0 unspecified atom stereocenters. The van der Waals surface area contributed by atoms with Gasteiger partial charge in [-0.3, -0.25) is 0 Å². The molecule has 0 heterocycles. The summed E-state index contributed by atoms with van der Waals surface area (Å²) in [5.74, 6) is 0. The van der Waals surface area contributed by atoms with Crippen LogP contribution in [0.1, 0.15) is 22.3 Å². The molecule has 0 amide bonds. The van der Waals surface area contributed by atoms with Crippen molar-refractivity contribution in [1.29, 1.82) is 0 Å². The Balaban J connectivity index is 1.15. The SMILES string of the molecule is c1ccc(CCc2ccc3cc4c5c(-c6ccccc6)c6c(cc7c8ccc(CCc9ccccc9)cc8c8cccc6c87)c(-c6ccccc6)c5c5cccc(c3c2)c54)cc1. The highest BCUT2D eigenvalue weighted by molar-refractivity contribution is 6.46. The smallest absolute Gasteiger partial charge is 0.000697 e. The zero-order valence-corrected chi connectivity index (χ0v) is 34.5. The number of rotatable bonds is 8. The van der Waals surface area contributed by atoms with Crippen LogP contribution in [0.2, 0.25) is 0 Å². The first-order chi connectivity index (χ1) is 30.8. The summed E-state index contributed by atoms with van der Waals surface area (Å²) in [6.07, 6.45) is 4.10. The Bertz CT molecular complexity index is 3760. The van der Waals surface area contributed by atoms with Crippen molar-refractivity contribution in [2.75, 3.05) is 0 Å². The molecule has 0 N–H and O–H groups in total. The minimum Gasteiger partial charge on any atom is -0.0622 e. The standard InChI is InChI=1S/C62H42/c1-5-15-39(16-6-1)27-29-41-31-33-45-37-54-59-47(51(45)35-41)23-13-26-50(59)61-56(43-19-9-3-10-20-43)55-38-53-46-34-32-42(30-28-40-17-7-2-8-18-40)36-52(46)48-24-14-25-49(58(48)53)60(55)57(62(54)61)44-21-11-4-12-22-44/h1-26,31-38H,27-30H2. The largest absolute Gasteiger partial charge is 0.0622 e. The molecule has 0 aliphatic rings. The molecule has 0 aliphatic heterocycles. The van der Waals surface area contributed by atoms with Crippen molar-refractivity contribution >= 4 is 86.2 Å². The first kappa shape index (κ1) is 35.2. The number of hydrogen-bond donors (Lipinski definition) is 0. The van der Waals surface area contributed by atoms with E-state index >= 15 is 0 Å². The monoisotopic (exact) mass is 786 g/mol. The van der Waals surface area contributed by atoms with E-state index in [9.17, 15) is 0 Å². The van der Waals surface area contributed by atoms with E-state index in [-0.39, 0.29) is 0 Å². The summed E-state index contributed by atoms with van der Waals surface area (Å²) in [5, 5.41) is 21.4. The van der Waals surface area contributed by atoms with Crippen LogP contribution in [0.4, 0.5) is 0 Å². The van der Waals surface area contributed by atoms with Gasteiger partial charge < -0.3 is 0 Å². The van der Waals surface area contributed by atoms with Crippen LogP contribution in [0.3, 0.4) is 0 Å². The normalized spacial score (nSPS) is 12.1. The van der Waals surface area contributed by atoms with Gasteiger partial charge in [0, 0.05) is 0 Å². The summed E-state index contributed by atoms with van der Waals surface area (Å²) in [6, 6.07) is 77.8. The summed E-state index contributed by atoms with van der Waals surface area (Å²) in [7, 11) is 0. The third kappa shape index (κ3) is 5.40. The van der Waals surface area contributed by atoms with Gasteiger partial charge in [0.25, 0.3) is 0 Å². The highest BCUT2D eigenvalue weighted by Gasteiger charge is 2.27. The van der Waals surface area contributed by atoms with Crippen molar-refractivity contribution in [2.24, 2.45) is 0 Å². The zero-order valence-electron chi connectivity index (χ0n) is 34.5. The molecule has 0 fully saturated rings. The molecule has 13 aromatic carbocycles. The summed E-state index contributed by atoms with van der Waals surface area (Å²) in [4.78, 5) is 0. The van der Waals surface area contributed by atoms with E-state index in [2.05, 4.69) is 206 Å². The lowest BCUT2D eigenvalue weighted by Crippen LogP contribution is -1.91. The maximum Gasteiger partial charge on any atom is -0.000697 e. The quantitative estimate of drug-likeness (QED) is 0.135. The molecular formula is C62H42. The van der Waals surface area contributed by atoms with Crippen molar-refractivity contribution < 1.29 is 0 Å². The predicted molar refractivity (Wildman–Crippen MR) is 267 cm³/mol. The van der Waals surface area contributed by atoms with Gasteiger partial charge in [-0.15, -0.1) is 0 Å². The lowest BCUT2D eigenvalue weighted by Gasteiger charge is -2.19. The van der Waals surface area contributed by atoms with Crippen LogP contribution in [0.5, 0.6) is 0 Å². The highest BCUT2D eigenvalue weighted by atomic mass is 14.3. The van der Waals surface area contributed by atoms with Gasteiger partial charge in [0.1, 0.15) is 0 Å². The van der Waals surface area contributed by atoms with Gasteiger partial charge in [-0.2, -0.15) is 0 Å². The summed E-state index contributed by atoms with van der Waals surface area (Å²) in [6.45, 7) is 0. The van der Waals surface area contributed by atoms with E-state index in [4.69, 9.17) is 0 Å². The molecule has 0 radical (unpaired) electrons. The molecule has 13 rings (SSSR count). The van der Waals surface area contributed by atoms with Crippen molar-refractivity contribution in [1.82, 2.24) is 0 Å². The van der Waals surface area contributed by atoms with Gasteiger partial charge >= 0.3 is 0 Å². The fraction of sp³-hybridized carbons (Fsp3) is 0.0645. The molecule has 0 saturated carbocycles. The average molecular weight is 787 g/mol. The first-order valence-corrected chi connectivity index (χ1v) is 22.2. The Hall–Kier alpha value is -7.54. The van der Waals surface area contributed by atoms with Gasteiger partial charge in [-0.25, -0.2) is 0 Å². The molecule has 0 saturated heterocycles. The van der Waals surface area contributed by atoms with E-state index in [0.717, 1.165) is 25.7 Å². The molecule has 0 atom stereocenters. The van der Waals surface area contributed by atoms with Crippen LogP contribution in [0, 0.1) is 0 Å². The Kier molecular flexibility index (Phi) is 7.97. The molecular weight excluding hydrogens is 745 g/mol. The molecule has 0 bridgehead atoms. The third-order valence-electron chi connectivity index (χ3n) is 13.9. The van der Waals surface area contributed by atoms with Crippen molar-refractivity contribution in [3.8, 4) is 22.3 Å². The third-order valence-corrected chi connectivity index (χ3v) is 13.9. The topological polar surface area (TPSA) is 0 Å². The molecule has 0 nitrogen and oxygen atoms in total. The molecule has 13 aromatic rings. The van der Waals surface area contributed by atoms with Crippen LogP contribution in [0.15, 0.2) is 206 Å². The fourth-order valence-corrected chi connectivity index (χ4v) is 11.1. The van der Waals surface area contributed by atoms with E-state index in [1.165, 1.54) is 131 Å². The lowest BCUT2D eigenvalue weighted by atomic mass is 9.84. The van der Waals surface area contributed by atoms with Crippen molar-refractivity contribution in [3.05, 3.63) is 229 Å². The van der Waals surface area contributed by atoms with Gasteiger partial charge in [0.15, 0.2) is 0 Å². The van der Waals surface area contributed by atoms with E-state index in [1.807, 2.05) is 0 Å². The van der Waals surface area contributed by atoms with Crippen LogP contribution < -0.4 is 0 Å². The molecule has 62 heavy (non-hydrogen) atoms. The van der Waals surface area contributed by atoms with E-state index in [1.54, 1.807) is 0 Å². The zero-order chi connectivity index (χ0) is 40.7. The average Bonchev–Trinajstić information content (AvgIpc) is 3.83. The Labute approximate surface area is 361 Å². The molecule has 290 valence electrons. The Morgan fingerprint density at radius 3 is 1.34 bits per heavy atom. The minimum absolute atomic E-state index is 1.01. The molecule has 0 aromatic heterocycles. The van der Waals surface area contributed by atoms with Gasteiger partial charge in [0.2, 0.25) is 0 Å². The maximum absolute atomic E-state index is 2.56. The second-order valence-electron chi connectivity index (χ2n) is 17.4. The minimum atomic E-state index is 1.01. The number of hydrogen-bond acceptors (Lipinski definition) is 0. The maximum atomic E-state index is 2.56. The van der Waals surface area contributed by atoms with E-state index in [0.29, 0.717) is 0 Å². The molecule has 0 aliphatic carbocycles. The van der Waals surface area contributed by atoms with Crippen LogP contribution in [-0.2, 0) is 25.7 Å². The second-order valence-corrected chi connectivity index (χ2v) is 17.4. The number of benzene rings is 11. The highest BCUT2D eigenvalue weighted by Crippen LogP contribution is 2.55. The predicted octanol–water partition coefficient (Wildman–Crippen LogP) is 16.7. The van der Waals surface area contributed by atoms with Crippen LogP contribution >= 0.6 is 0 Å². The van der Waals surface area contributed by atoms with E-state index < -0.39 is 0 Å². The lowest BCUT2D eigenvalue weighted by molar-refractivity contribution is 0.962.